The molecule has 1 aromatic rings. The molecule has 0 fully saturated rings. The second kappa shape index (κ2) is 9.39. The zero-order valence-electron chi connectivity index (χ0n) is 14.6. The molecule has 1 aromatic carbocycles. The lowest BCUT2D eigenvalue weighted by Gasteiger charge is -2.26. The third kappa shape index (κ3) is 8.08. The normalized spacial score (nSPS) is 14.0. The Kier molecular flexibility index (Phi) is 7.88. The number of carbonyl (C=O) groups is 2. The summed E-state index contributed by atoms with van der Waals surface area (Å²) in [7, 11) is 0. The molecule has 0 bridgehead atoms. The third-order valence-electron chi connectivity index (χ3n) is 3.44. The van der Waals surface area contributed by atoms with Crippen LogP contribution >= 0.6 is 0 Å². The van der Waals surface area contributed by atoms with Crippen molar-refractivity contribution in [3.63, 3.8) is 0 Å². The van der Waals surface area contributed by atoms with Crippen LogP contribution in [0.5, 0.6) is 0 Å². The Labute approximate surface area is 143 Å². The molecule has 1 rings (SSSR count). The van der Waals surface area contributed by atoms with Crippen molar-refractivity contribution in [3.05, 3.63) is 35.9 Å². The van der Waals surface area contributed by atoms with E-state index in [1.165, 1.54) is 0 Å². The highest BCUT2D eigenvalue weighted by Gasteiger charge is 2.24. The first kappa shape index (κ1) is 20.1. The number of carboxylic acid groups (broad SMARTS) is 1. The second-order valence-corrected chi connectivity index (χ2v) is 6.92. The molecule has 134 valence electrons. The van der Waals surface area contributed by atoms with E-state index in [0.29, 0.717) is 19.3 Å². The Bertz CT molecular complexity index is 526. The topological polar surface area (TPSA) is 102 Å². The van der Waals surface area contributed by atoms with Crippen LogP contribution < -0.4 is 11.1 Å². The van der Waals surface area contributed by atoms with Crippen molar-refractivity contribution in [2.24, 2.45) is 5.73 Å². The Morgan fingerprint density at radius 2 is 1.83 bits per heavy atom. The zero-order valence-corrected chi connectivity index (χ0v) is 14.6. The van der Waals surface area contributed by atoms with E-state index in [4.69, 9.17) is 10.5 Å². The average molecular weight is 336 g/mol. The standard InChI is InChI=1S/C18H28N2O4/c1-18(2,3)20-15(16(21)22)11-7-10-14(19)17(23)24-12-13-8-5-4-6-9-13/h4-6,8-9,14-15,20H,7,10-12,19H2,1-3H3,(H,21,22)/t14?,15-/m0/s1. The number of carbonyl (C=O) groups excluding carboxylic acids is 1. The highest BCUT2D eigenvalue weighted by Crippen LogP contribution is 2.10. The van der Waals surface area contributed by atoms with Gasteiger partial charge in [0.2, 0.25) is 0 Å². The summed E-state index contributed by atoms with van der Waals surface area (Å²) < 4.78 is 5.18. The van der Waals surface area contributed by atoms with Gasteiger partial charge in [0.25, 0.3) is 0 Å². The predicted octanol–water partition coefficient (Wildman–Crippen LogP) is 2.07. The van der Waals surface area contributed by atoms with Gasteiger partial charge in [-0.05, 0) is 45.6 Å². The fraction of sp³-hybridized carbons (Fsp3) is 0.556. The van der Waals surface area contributed by atoms with Crippen LogP contribution in [0.3, 0.4) is 0 Å². The first-order chi connectivity index (χ1) is 11.2. The number of carboxylic acids is 1. The van der Waals surface area contributed by atoms with Gasteiger partial charge >= 0.3 is 11.9 Å². The summed E-state index contributed by atoms with van der Waals surface area (Å²) >= 11 is 0. The van der Waals surface area contributed by atoms with Crippen molar-refractivity contribution < 1.29 is 19.4 Å². The summed E-state index contributed by atoms with van der Waals surface area (Å²) in [4.78, 5) is 23.1. The molecule has 0 aliphatic carbocycles. The highest BCUT2D eigenvalue weighted by molar-refractivity contribution is 5.75. The van der Waals surface area contributed by atoms with Gasteiger partial charge in [-0.25, -0.2) is 0 Å². The predicted molar refractivity (Wildman–Crippen MR) is 92.4 cm³/mol. The van der Waals surface area contributed by atoms with E-state index in [0.717, 1.165) is 5.56 Å². The maximum absolute atomic E-state index is 11.9. The van der Waals surface area contributed by atoms with Crippen molar-refractivity contribution in [1.82, 2.24) is 5.32 Å². The minimum Gasteiger partial charge on any atom is -0.480 e. The summed E-state index contributed by atoms with van der Waals surface area (Å²) in [6.45, 7) is 5.93. The van der Waals surface area contributed by atoms with Crippen LogP contribution in [0.1, 0.15) is 45.6 Å². The molecule has 2 atom stereocenters. The molecule has 0 heterocycles. The number of aliphatic carboxylic acids is 1. The van der Waals surface area contributed by atoms with Gasteiger partial charge in [0.1, 0.15) is 18.7 Å². The zero-order chi connectivity index (χ0) is 18.2. The van der Waals surface area contributed by atoms with Gasteiger partial charge in [-0.3, -0.25) is 14.9 Å². The van der Waals surface area contributed by atoms with Gasteiger partial charge in [0.15, 0.2) is 0 Å². The van der Waals surface area contributed by atoms with E-state index in [1.54, 1.807) is 0 Å². The van der Waals surface area contributed by atoms with E-state index in [-0.39, 0.29) is 12.1 Å². The first-order valence-electron chi connectivity index (χ1n) is 8.15. The number of benzene rings is 1. The Morgan fingerprint density at radius 1 is 1.21 bits per heavy atom. The van der Waals surface area contributed by atoms with Gasteiger partial charge in [0.05, 0.1) is 0 Å². The number of esters is 1. The van der Waals surface area contributed by atoms with Crippen LogP contribution in [0.4, 0.5) is 0 Å². The molecule has 0 saturated heterocycles. The van der Waals surface area contributed by atoms with Crippen LogP contribution in [0.15, 0.2) is 30.3 Å². The van der Waals surface area contributed by atoms with Crippen LogP contribution in [-0.4, -0.2) is 34.7 Å². The summed E-state index contributed by atoms with van der Waals surface area (Å²) in [6.07, 6.45) is 1.33. The van der Waals surface area contributed by atoms with E-state index in [9.17, 15) is 14.7 Å². The Morgan fingerprint density at radius 3 is 2.38 bits per heavy atom. The van der Waals surface area contributed by atoms with Gasteiger partial charge in [-0.1, -0.05) is 30.3 Å². The Hall–Kier alpha value is -1.92. The molecular weight excluding hydrogens is 308 g/mol. The minimum absolute atomic E-state index is 0.191. The molecule has 24 heavy (non-hydrogen) atoms. The van der Waals surface area contributed by atoms with Crippen molar-refractivity contribution in [2.45, 2.75) is 64.3 Å². The van der Waals surface area contributed by atoms with Crippen LogP contribution in [0.25, 0.3) is 0 Å². The third-order valence-corrected chi connectivity index (χ3v) is 3.44. The van der Waals surface area contributed by atoms with E-state index < -0.39 is 24.0 Å². The number of rotatable bonds is 9. The van der Waals surface area contributed by atoms with E-state index in [1.807, 2.05) is 51.1 Å². The summed E-state index contributed by atoms with van der Waals surface area (Å²) in [5, 5.41) is 12.3. The Balaban J connectivity index is 2.34. The SMILES string of the molecule is CC(C)(C)N[C@@H](CCCC(N)C(=O)OCc1ccccc1)C(=O)O. The summed E-state index contributed by atoms with van der Waals surface area (Å²) in [5.41, 5.74) is 6.44. The molecule has 0 saturated carbocycles. The monoisotopic (exact) mass is 336 g/mol. The van der Waals surface area contributed by atoms with Gasteiger partial charge in [-0.2, -0.15) is 0 Å². The smallest absolute Gasteiger partial charge is 0.323 e. The molecule has 6 nitrogen and oxygen atoms in total. The average Bonchev–Trinajstić information content (AvgIpc) is 2.51. The minimum atomic E-state index is -0.898. The van der Waals surface area contributed by atoms with Gasteiger partial charge in [-0.15, -0.1) is 0 Å². The fourth-order valence-corrected chi connectivity index (χ4v) is 2.28. The van der Waals surface area contributed by atoms with Crippen LogP contribution in [0.2, 0.25) is 0 Å². The molecule has 4 N–H and O–H groups in total. The maximum Gasteiger partial charge on any atom is 0.323 e. The molecular formula is C18H28N2O4. The molecule has 0 aliphatic heterocycles. The van der Waals surface area contributed by atoms with Crippen LogP contribution in [0, 0.1) is 0 Å². The molecule has 0 aliphatic rings. The lowest BCUT2D eigenvalue weighted by Crippen LogP contribution is -2.47. The second-order valence-electron chi connectivity index (χ2n) is 6.92. The molecule has 6 heteroatoms. The molecule has 0 aromatic heterocycles. The van der Waals surface area contributed by atoms with Crippen LogP contribution in [-0.2, 0) is 20.9 Å². The largest absolute Gasteiger partial charge is 0.480 e. The highest BCUT2D eigenvalue weighted by atomic mass is 16.5. The number of nitrogens with one attached hydrogen (secondary N) is 1. The summed E-state index contributed by atoms with van der Waals surface area (Å²) in [5.74, 6) is -1.36. The van der Waals surface area contributed by atoms with Gasteiger partial charge < -0.3 is 15.6 Å². The summed E-state index contributed by atoms with van der Waals surface area (Å²) in [6, 6.07) is 7.98. The first-order valence-corrected chi connectivity index (χ1v) is 8.15. The van der Waals surface area contributed by atoms with Crippen molar-refractivity contribution in [2.75, 3.05) is 0 Å². The van der Waals surface area contributed by atoms with Crippen molar-refractivity contribution in [3.8, 4) is 0 Å². The van der Waals surface area contributed by atoms with E-state index in [2.05, 4.69) is 5.32 Å². The molecule has 1 unspecified atom stereocenters. The van der Waals surface area contributed by atoms with E-state index >= 15 is 0 Å². The number of nitrogens with two attached hydrogens (primary N) is 1. The number of hydrogen-bond acceptors (Lipinski definition) is 5. The number of hydrogen-bond donors (Lipinski definition) is 3. The molecule has 0 amide bonds. The van der Waals surface area contributed by atoms with Crippen molar-refractivity contribution >= 4 is 11.9 Å². The quantitative estimate of drug-likeness (QED) is 0.597. The molecule has 0 radical (unpaired) electrons. The fourth-order valence-electron chi connectivity index (χ4n) is 2.28. The lowest BCUT2D eigenvalue weighted by molar-refractivity contribution is -0.146. The molecule has 0 spiro atoms. The number of ether oxygens (including phenoxy) is 1. The lowest BCUT2D eigenvalue weighted by atomic mass is 10.0. The van der Waals surface area contributed by atoms with Gasteiger partial charge in [0, 0.05) is 5.54 Å². The van der Waals surface area contributed by atoms with Crippen molar-refractivity contribution in [1.29, 1.82) is 0 Å². The maximum atomic E-state index is 11.9.